The molecule has 1 amide bonds. The zero-order chi connectivity index (χ0) is 18.6. The van der Waals surface area contributed by atoms with E-state index in [2.05, 4.69) is 30.3 Å². The Balaban J connectivity index is 2.04. The van der Waals surface area contributed by atoms with Gasteiger partial charge in [-0.15, -0.1) is 0 Å². The first-order chi connectivity index (χ1) is 11.8. The summed E-state index contributed by atoms with van der Waals surface area (Å²) in [6.07, 6.45) is 0.803. The van der Waals surface area contributed by atoms with Crippen molar-refractivity contribution in [3.05, 3.63) is 52.3 Å². The summed E-state index contributed by atoms with van der Waals surface area (Å²) >= 11 is 0. The minimum Gasteiger partial charge on any atom is -0.354 e. The van der Waals surface area contributed by atoms with E-state index in [1.807, 2.05) is 55.7 Å². The maximum absolute atomic E-state index is 12.7. The molecule has 2 aromatic rings. The number of hydrogen-bond acceptors (Lipinski definition) is 3. The summed E-state index contributed by atoms with van der Waals surface area (Å²) in [4.78, 5) is 14.7. The van der Waals surface area contributed by atoms with Crippen LogP contribution in [0.15, 0.2) is 24.3 Å². The van der Waals surface area contributed by atoms with E-state index in [1.54, 1.807) is 0 Å². The smallest absolute Gasteiger partial charge is 0.241 e. The van der Waals surface area contributed by atoms with Crippen molar-refractivity contribution in [3.63, 3.8) is 0 Å². The number of carbonyl (C=O) groups is 1. The molecule has 0 saturated carbocycles. The molecule has 136 valence electrons. The average Bonchev–Trinajstić information content (AvgIpc) is 2.82. The molecule has 0 fully saturated rings. The van der Waals surface area contributed by atoms with Crippen molar-refractivity contribution in [1.29, 1.82) is 0 Å². The van der Waals surface area contributed by atoms with E-state index in [-0.39, 0.29) is 11.9 Å². The molecule has 0 aliphatic carbocycles. The Kier molecular flexibility index (Phi) is 6.37. The van der Waals surface area contributed by atoms with Crippen molar-refractivity contribution in [3.8, 4) is 0 Å². The van der Waals surface area contributed by atoms with Crippen molar-refractivity contribution in [2.75, 3.05) is 20.6 Å². The highest BCUT2D eigenvalue weighted by Gasteiger charge is 2.22. The lowest BCUT2D eigenvalue weighted by Crippen LogP contribution is -2.38. The van der Waals surface area contributed by atoms with E-state index in [0.717, 1.165) is 29.8 Å². The summed E-state index contributed by atoms with van der Waals surface area (Å²) < 4.78 is 2.02. The van der Waals surface area contributed by atoms with E-state index >= 15 is 0 Å². The summed E-state index contributed by atoms with van der Waals surface area (Å²) in [5, 5.41) is 7.64. The molecule has 1 aromatic heterocycles. The first-order valence-corrected chi connectivity index (χ1v) is 8.88. The van der Waals surface area contributed by atoms with Gasteiger partial charge >= 0.3 is 0 Å². The predicted molar refractivity (Wildman–Crippen MR) is 102 cm³/mol. The molecule has 5 heteroatoms. The SMILES string of the molecule is CCn1nc(C)c(CCNC(=O)[C@H](c2cccc(C)c2)N(C)C)c1C. The molecule has 1 N–H and O–H groups in total. The Morgan fingerprint density at radius 2 is 2.00 bits per heavy atom. The van der Waals surface area contributed by atoms with E-state index in [9.17, 15) is 4.79 Å². The van der Waals surface area contributed by atoms with Crippen LogP contribution < -0.4 is 5.32 Å². The molecule has 0 spiro atoms. The normalized spacial score (nSPS) is 12.4. The fourth-order valence-electron chi connectivity index (χ4n) is 3.34. The number of aromatic nitrogens is 2. The summed E-state index contributed by atoms with van der Waals surface area (Å²) in [5.74, 6) is 0.0359. The number of nitrogens with one attached hydrogen (secondary N) is 1. The maximum Gasteiger partial charge on any atom is 0.241 e. The van der Waals surface area contributed by atoms with Crippen molar-refractivity contribution >= 4 is 5.91 Å². The monoisotopic (exact) mass is 342 g/mol. The number of likely N-dealkylation sites (N-methyl/N-ethyl adjacent to an activating group) is 1. The topological polar surface area (TPSA) is 50.2 Å². The zero-order valence-corrected chi connectivity index (χ0v) is 16.3. The number of nitrogens with zero attached hydrogens (tertiary/aromatic N) is 3. The van der Waals surface area contributed by atoms with Gasteiger partial charge in [0.1, 0.15) is 6.04 Å². The number of amides is 1. The van der Waals surface area contributed by atoms with Crippen LogP contribution in [0.3, 0.4) is 0 Å². The number of carbonyl (C=O) groups excluding carboxylic acids is 1. The first kappa shape index (κ1) is 19.2. The molecule has 1 aromatic carbocycles. The van der Waals surface area contributed by atoms with Crippen molar-refractivity contribution in [1.82, 2.24) is 20.0 Å². The Bertz CT molecular complexity index is 733. The van der Waals surface area contributed by atoms with E-state index in [1.165, 1.54) is 11.3 Å². The van der Waals surface area contributed by atoms with Gasteiger partial charge in [-0.1, -0.05) is 29.8 Å². The van der Waals surface area contributed by atoms with Crippen LogP contribution in [0.2, 0.25) is 0 Å². The maximum atomic E-state index is 12.7. The molecule has 0 unspecified atom stereocenters. The van der Waals surface area contributed by atoms with Gasteiger partial charge in [0.15, 0.2) is 0 Å². The molecule has 0 saturated heterocycles. The number of rotatable bonds is 7. The Hall–Kier alpha value is -2.14. The average molecular weight is 342 g/mol. The highest BCUT2D eigenvalue weighted by molar-refractivity contribution is 5.83. The Morgan fingerprint density at radius 1 is 1.28 bits per heavy atom. The Morgan fingerprint density at radius 3 is 2.56 bits per heavy atom. The van der Waals surface area contributed by atoms with E-state index in [4.69, 9.17) is 0 Å². The molecule has 0 aliphatic heterocycles. The van der Waals surface area contributed by atoms with Crippen LogP contribution in [0.4, 0.5) is 0 Å². The quantitative estimate of drug-likeness (QED) is 0.842. The molecule has 5 nitrogen and oxygen atoms in total. The van der Waals surface area contributed by atoms with Gasteiger partial charge in [0.2, 0.25) is 5.91 Å². The second kappa shape index (κ2) is 8.30. The number of benzene rings is 1. The number of aryl methyl sites for hydroxylation is 3. The van der Waals surface area contributed by atoms with Crippen molar-refractivity contribution in [2.45, 2.75) is 46.7 Å². The lowest BCUT2D eigenvalue weighted by molar-refractivity contribution is -0.125. The van der Waals surface area contributed by atoms with Gasteiger partial charge < -0.3 is 5.32 Å². The third-order valence-corrected chi connectivity index (χ3v) is 4.63. The largest absolute Gasteiger partial charge is 0.354 e. The minimum absolute atomic E-state index is 0.0359. The third kappa shape index (κ3) is 4.48. The van der Waals surface area contributed by atoms with E-state index in [0.29, 0.717) is 6.54 Å². The highest BCUT2D eigenvalue weighted by Crippen LogP contribution is 2.20. The van der Waals surface area contributed by atoms with Gasteiger partial charge in [0.25, 0.3) is 0 Å². The van der Waals surface area contributed by atoms with Gasteiger partial charge in [-0.2, -0.15) is 5.10 Å². The van der Waals surface area contributed by atoms with Crippen LogP contribution in [0.25, 0.3) is 0 Å². The molecule has 0 aliphatic rings. The van der Waals surface area contributed by atoms with Gasteiger partial charge in [-0.05, 0) is 59.3 Å². The zero-order valence-electron chi connectivity index (χ0n) is 16.3. The molecule has 2 rings (SSSR count). The first-order valence-electron chi connectivity index (χ1n) is 8.88. The highest BCUT2D eigenvalue weighted by atomic mass is 16.2. The second-order valence-corrected chi connectivity index (χ2v) is 6.79. The fraction of sp³-hybridized carbons (Fsp3) is 0.500. The van der Waals surface area contributed by atoms with E-state index < -0.39 is 0 Å². The van der Waals surface area contributed by atoms with Gasteiger partial charge in [-0.25, -0.2) is 0 Å². The van der Waals surface area contributed by atoms with Gasteiger partial charge in [0, 0.05) is 18.8 Å². The molecule has 0 bridgehead atoms. The molecule has 0 radical (unpaired) electrons. The molecule has 1 heterocycles. The molecule has 1 atom stereocenters. The molecular weight excluding hydrogens is 312 g/mol. The van der Waals surface area contributed by atoms with Gasteiger partial charge in [-0.3, -0.25) is 14.4 Å². The van der Waals surface area contributed by atoms with Crippen LogP contribution in [0.5, 0.6) is 0 Å². The van der Waals surface area contributed by atoms with Crippen LogP contribution >= 0.6 is 0 Å². The summed E-state index contributed by atoms with van der Waals surface area (Å²) in [6, 6.07) is 7.85. The minimum atomic E-state index is -0.277. The molecular formula is C20H30N4O. The summed E-state index contributed by atoms with van der Waals surface area (Å²) in [6.45, 7) is 9.75. The Labute approximate surface area is 151 Å². The predicted octanol–water partition coefficient (Wildman–Crippen LogP) is 2.79. The standard InChI is InChI=1S/C20H30N4O/c1-7-24-16(4)18(15(3)22-24)11-12-21-20(25)19(23(5)6)17-10-8-9-14(2)13-17/h8-10,13,19H,7,11-12H2,1-6H3,(H,21,25)/t19-/m0/s1. The molecule has 25 heavy (non-hydrogen) atoms. The second-order valence-electron chi connectivity index (χ2n) is 6.79. The van der Waals surface area contributed by atoms with Crippen LogP contribution in [0.1, 0.15) is 41.0 Å². The van der Waals surface area contributed by atoms with Crippen LogP contribution in [-0.2, 0) is 17.8 Å². The lowest BCUT2D eigenvalue weighted by atomic mass is 10.0. The van der Waals surface area contributed by atoms with Crippen LogP contribution in [0, 0.1) is 20.8 Å². The lowest BCUT2D eigenvalue weighted by Gasteiger charge is -2.24. The summed E-state index contributed by atoms with van der Waals surface area (Å²) in [5.41, 5.74) is 5.66. The summed E-state index contributed by atoms with van der Waals surface area (Å²) in [7, 11) is 3.87. The van der Waals surface area contributed by atoms with Crippen LogP contribution in [-0.4, -0.2) is 41.2 Å². The van der Waals surface area contributed by atoms with Crippen molar-refractivity contribution < 1.29 is 4.79 Å². The number of hydrogen-bond donors (Lipinski definition) is 1. The third-order valence-electron chi connectivity index (χ3n) is 4.63. The fourth-order valence-corrected chi connectivity index (χ4v) is 3.34. The van der Waals surface area contributed by atoms with Crippen molar-refractivity contribution in [2.24, 2.45) is 0 Å². The van der Waals surface area contributed by atoms with Gasteiger partial charge in [0.05, 0.1) is 5.69 Å².